The summed E-state index contributed by atoms with van der Waals surface area (Å²) >= 11 is 0. The number of rotatable bonds is 8. The van der Waals surface area contributed by atoms with Crippen LogP contribution in [-0.2, 0) is 16.0 Å². The minimum absolute atomic E-state index is 0.0747. The van der Waals surface area contributed by atoms with E-state index in [1.54, 1.807) is 30.6 Å². The lowest BCUT2D eigenvalue weighted by molar-refractivity contribution is -0.121. The second-order valence-corrected chi connectivity index (χ2v) is 7.44. The van der Waals surface area contributed by atoms with Gasteiger partial charge >= 0.3 is 6.03 Å². The molecule has 0 radical (unpaired) electrons. The van der Waals surface area contributed by atoms with Crippen molar-refractivity contribution in [2.75, 3.05) is 18.5 Å². The van der Waals surface area contributed by atoms with E-state index in [0.29, 0.717) is 37.9 Å². The maximum absolute atomic E-state index is 13.2. The second-order valence-electron chi connectivity index (χ2n) is 7.44. The Morgan fingerprint density at radius 1 is 1.19 bits per heavy atom. The highest BCUT2D eigenvalue weighted by Gasteiger charge is 2.31. The molecule has 0 bridgehead atoms. The number of amides is 3. The molecule has 1 saturated heterocycles. The van der Waals surface area contributed by atoms with Gasteiger partial charge in [-0.2, -0.15) is 0 Å². The quantitative estimate of drug-likeness (QED) is 0.512. The summed E-state index contributed by atoms with van der Waals surface area (Å²) in [5.41, 5.74) is 1.24. The Balaban J connectivity index is 1.39. The number of aliphatic hydroxyl groups is 1. The Kier molecular flexibility index (Phi) is 8.31. The topological polar surface area (TPSA) is 113 Å². The van der Waals surface area contributed by atoms with Gasteiger partial charge in [-0.25, -0.2) is 9.18 Å². The van der Waals surface area contributed by atoms with Gasteiger partial charge in [-0.1, -0.05) is 6.07 Å². The molecule has 1 aliphatic heterocycles. The third-order valence-corrected chi connectivity index (χ3v) is 5.10. The predicted octanol–water partition coefficient (Wildman–Crippen LogP) is 2.00. The zero-order valence-electron chi connectivity index (χ0n) is 17.1. The van der Waals surface area contributed by atoms with E-state index >= 15 is 0 Å². The number of hydrogen-bond donors (Lipinski definition) is 4. The summed E-state index contributed by atoms with van der Waals surface area (Å²) in [7, 11) is 0. The fraction of sp³-hybridized carbons (Fsp3) is 0.409. The van der Waals surface area contributed by atoms with Crippen LogP contribution in [0.4, 0.5) is 14.9 Å². The van der Waals surface area contributed by atoms with Crippen LogP contribution in [0.1, 0.15) is 24.8 Å². The van der Waals surface area contributed by atoms with Crippen LogP contribution in [0.25, 0.3) is 0 Å². The van der Waals surface area contributed by atoms with E-state index in [-0.39, 0.29) is 24.7 Å². The van der Waals surface area contributed by atoms with Crippen LogP contribution in [-0.4, -0.2) is 53.4 Å². The molecule has 0 spiro atoms. The van der Waals surface area contributed by atoms with E-state index < -0.39 is 18.0 Å². The molecule has 9 heteroatoms. The average molecular weight is 430 g/mol. The average Bonchev–Trinajstić information content (AvgIpc) is 2.75. The summed E-state index contributed by atoms with van der Waals surface area (Å²) < 4.78 is 19.1. The lowest BCUT2D eigenvalue weighted by atomic mass is 9.97. The summed E-state index contributed by atoms with van der Waals surface area (Å²) in [5.74, 6) is -0.517. The summed E-state index contributed by atoms with van der Waals surface area (Å²) in [4.78, 5) is 28.2. The monoisotopic (exact) mass is 430 g/mol. The Hall–Kier alpha value is -3.04. The highest BCUT2D eigenvalue weighted by Crippen LogP contribution is 2.22. The second kappa shape index (κ2) is 11.4. The van der Waals surface area contributed by atoms with Crippen LogP contribution < -0.4 is 16.0 Å². The van der Waals surface area contributed by atoms with Gasteiger partial charge in [-0.05, 0) is 55.2 Å². The van der Waals surface area contributed by atoms with Crippen LogP contribution in [0.15, 0.2) is 48.8 Å². The first kappa shape index (κ1) is 22.6. The van der Waals surface area contributed by atoms with Gasteiger partial charge in [0.1, 0.15) is 11.9 Å². The predicted molar refractivity (Wildman–Crippen MR) is 113 cm³/mol. The Morgan fingerprint density at radius 2 is 2.00 bits per heavy atom. The standard InChI is InChI=1S/C22H27FN4O4/c23-16-2-1-3-17(13-16)26-22(30)27-19-5-4-18(31-20(19)14-28)8-11-25-21(29)12-15-6-9-24-10-7-15/h1-3,6-7,9-10,13,18-20,28H,4-5,8,11-12,14H2,(H,25,29)(H2,26,27,30)/t18-,19+,20-/m0/s1. The van der Waals surface area contributed by atoms with Crippen LogP contribution in [0.5, 0.6) is 0 Å². The number of hydrogen-bond acceptors (Lipinski definition) is 5. The zero-order valence-corrected chi connectivity index (χ0v) is 17.1. The number of carbonyl (C=O) groups is 2. The van der Waals surface area contributed by atoms with E-state index in [4.69, 9.17) is 4.74 Å². The van der Waals surface area contributed by atoms with Crippen molar-refractivity contribution in [1.82, 2.24) is 15.6 Å². The molecular formula is C22H27FN4O4. The summed E-state index contributed by atoms with van der Waals surface area (Å²) in [6, 6.07) is 8.35. The molecule has 1 aromatic heterocycles. The van der Waals surface area contributed by atoms with Gasteiger partial charge in [0, 0.05) is 24.6 Å². The van der Waals surface area contributed by atoms with E-state index in [1.807, 2.05) is 0 Å². The molecule has 3 amide bonds. The van der Waals surface area contributed by atoms with Crippen molar-refractivity contribution in [3.05, 3.63) is 60.2 Å². The van der Waals surface area contributed by atoms with Gasteiger partial charge in [0.2, 0.25) is 5.91 Å². The molecule has 3 rings (SSSR count). The van der Waals surface area contributed by atoms with Gasteiger partial charge < -0.3 is 25.8 Å². The number of nitrogens with zero attached hydrogens (tertiary/aromatic N) is 1. The van der Waals surface area contributed by atoms with Gasteiger partial charge in [-0.15, -0.1) is 0 Å². The number of nitrogens with one attached hydrogen (secondary N) is 3. The molecule has 4 N–H and O–H groups in total. The molecule has 166 valence electrons. The first-order valence-corrected chi connectivity index (χ1v) is 10.3. The summed E-state index contributed by atoms with van der Waals surface area (Å²) in [6.45, 7) is 0.223. The van der Waals surface area contributed by atoms with Crippen LogP contribution in [0.3, 0.4) is 0 Å². The zero-order chi connectivity index (χ0) is 22.1. The molecule has 0 saturated carbocycles. The minimum atomic E-state index is -0.551. The molecule has 2 heterocycles. The van der Waals surface area contributed by atoms with Gasteiger partial charge in [0.15, 0.2) is 0 Å². The van der Waals surface area contributed by atoms with Crippen LogP contribution >= 0.6 is 0 Å². The lowest BCUT2D eigenvalue weighted by Gasteiger charge is -2.36. The normalized spacial score (nSPS) is 20.6. The molecule has 1 aliphatic rings. The van der Waals surface area contributed by atoms with E-state index in [1.165, 1.54) is 18.2 Å². The molecular weight excluding hydrogens is 403 g/mol. The van der Waals surface area contributed by atoms with Gasteiger partial charge in [-0.3, -0.25) is 9.78 Å². The summed E-state index contributed by atoms with van der Waals surface area (Å²) in [5, 5.41) is 17.9. The largest absolute Gasteiger partial charge is 0.394 e. The number of aliphatic hydroxyl groups excluding tert-OH is 1. The Morgan fingerprint density at radius 3 is 2.74 bits per heavy atom. The van der Waals surface area contributed by atoms with Crippen LogP contribution in [0.2, 0.25) is 0 Å². The first-order valence-electron chi connectivity index (χ1n) is 10.3. The van der Waals surface area contributed by atoms with Crippen molar-refractivity contribution in [3.63, 3.8) is 0 Å². The third kappa shape index (κ3) is 7.30. The maximum atomic E-state index is 13.2. The molecule has 8 nitrogen and oxygen atoms in total. The highest BCUT2D eigenvalue weighted by molar-refractivity contribution is 5.89. The fourth-order valence-electron chi connectivity index (χ4n) is 3.53. The molecule has 31 heavy (non-hydrogen) atoms. The Labute approximate surface area is 180 Å². The molecule has 1 fully saturated rings. The van der Waals surface area contributed by atoms with Crippen molar-refractivity contribution >= 4 is 17.6 Å². The first-order chi connectivity index (χ1) is 15.0. The fourth-order valence-corrected chi connectivity index (χ4v) is 3.53. The number of pyridine rings is 1. The number of benzene rings is 1. The van der Waals surface area contributed by atoms with E-state index in [2.05, 4.69) is 20.9 Å². The summed E-state index contributed by atoms with van der Waals surface area (Å²) in [6.07, 6.45) is 4.83. The number of halogens is 1. The SMILES string of the molecule is O=C(Cc1ccncc1)NCC[C@@H]1CC[C@@H](NC(=O)Nc2cccc(F)c2)[C@H](CO)O1. The number of ether oxygens (including phenoxy) is 1. The number of anilines is 1. The Bertz CT molecular complexity index is 868. The van der Waals surface area contributed by atoms with Crippen molar-refractivity contribution < 1.29 is 23.8 Å². The maximum Gasteiger partial charge on any atom is 0.319 e. The number of urea groups is 1. The molecule has 2 aromatic rings. The third-order valence-electron chi connectivity index (χ3n) is 5.10. The molecule has 1 aromatic carbocycles. The number of carbonyl (C=O) groups excluding carboxylic acids is 2. The smallest absolute Gasteiger partial charge is 0.319 e. The molecule has 0 unspecified atom stereocenters. The minimum Gasteiger partial charge on any atom is -0.394 e. The van der Waals surface area contributed by atoms with Gasteiger partial charge in [0.05, 0.1) is 25.2 Å². The highest BCUT2D eigenvalue weighted by atomic mass is 19.1. The van der Waals surface area contributed by atoms with E-state index in [9.17, 15) is 19.1 Å². The van der Waals surface area contributed by atoms with Crippen molar-refractivity contribution in [2.24, 2.45) is 0 Å². The molecule has 0 aliphatic carbocycles. The van der Waals surface area contributed by atoms with E-state index in [0.717, 1.165) is 5.56 Å². The number of aromatic nitrogens is 1. The lowest BCUT2D eigenvalue weighted by Crippen LogP contribution is -2.52. The van der Waals surface area contributed by atoms with Gasteiger partial charge in [0.25, 0.3) is 0 Å². The van der Waals surface area contributed by atoms with Crippen molar-refractivity contribution in [2.45, 2.75) is 43.9 Å². The van der Waals surface area contributed by atoms with Crippen LogP contribution in [0, 0.1) is 5.82 Å². The molecule has 3 atom stereocenters. The van der Waals surface area contributed by atoms with Crippen molar-refractivity contribution in [3.8, 4) is 0 Å². The van der Waals surface area contributed by atoms with Crippen molar-refractivity contribution in [1.29, 1.82) is 0 Å².